The molecule has 0 aromatic heterocycles. The molecule has 2 aliphatic rings. The summed E-state index contributed by atoms with van der Waals surface area (Å²) in [4.78, 5) is 0.215. The molecule has 0 spiro atoms. The third-order valence-corrected chi connectivity index (χ3v) is 7.20. The molecular formula is C15H21ClN2O2S. The molecule has 2 saturated carbocycles. The molecule has 116 valence electrons. The lowest BCUT2D eigenvalue weighted by molar-refractivity contribution is 0.280. The molecule has 4 nitrogen and oxygen atoms in total. The first-order valence-corrected chi connectivity index (χ1v) is 9.21. The van der Waals surface area contributed by atoms with Gasteiger partial charge in [-0.15, -0.1) is 0 Å². The quantitative estimate of drug-likeness (QED) is 0.864. The Labute approximate surface area is 131 Å². The van der Waals surface area contributed by atoms with Crippen molar-refractivity contribution in [3.63, 3.8) is 0 Å². The number of hydrogen-bond acceptors (Lipinski definition) is 3. The minimum absolute atomic E-state index is 0.215. The van der Waals surface area contributed by atoms with Crippen molar-refractivity contribution >= 4 is 27.3 Å². The summed E-state index contributed by atoms with van der Waals surface area (Å²) < 4.78 is 26.7. The van der Waals surface area contributed by atoms with Crippen molar-refractivity contribution in [1.29, 1.82) is 0 Å². The van der Waals surface area contributed by atoms with Crippen molar-refractivity contribution in [3.05, 3.63) is 23.2 Å². The van der Waals surface area contributed by atoms with Crippen molar-refractivity contribution in [2.75, 3.05) is 19.3 Å². The fourth-order valence-electron chi connectivity index (χ4n) is 3.88. The van der Waals surface area contributed by atoms with Crippen LogP contribution in [0.2, 0.25) is 5.02 Å². The molecular weight excluding hydrogens is 308 g/mol. The Kier molecular flexibility index (Phi) is 3.93. The summed E-state index contributed by atoms with van der Waals surface area (Å²) in [6.07, 6.45) is 5.04. The van der Waals surface area contributed by atoms with Crippen LogP contribution in [-0.2, 0) is 10.0 Å². The second-order valence-electron chi connectivity index (χ2n) is 6.40. The van der Waals surface area contributed by atoms with Crippen LogP contribution in [0.5, 0.6) is 0 Å². The second kappa shape index (κ2) is 5.45. The molecule has 3 atom stereocenters. The van der Waals surface area contributed by atoms with Gasteiger partial charge in [-0.1, -0.05) is 18.0 Å². The minimum atomic E-state index is -3.49. The third kappa shape index (κ3) is 2.79. The molecule has 0 saturated heterocycles. The van der Waals surface area contributed by atoms with Crippen molar-refractivity contribution < 1.29 is 8.42 Å². The van der Waals surface area contributed by atoms with Gasteiger partial charge in [0.15, 0.2) is 0 Å². The molecule has 1 aromatic carbocycles. The van der Waals surface area contributed by atoms with Gasteiger partial charge < -0.3 is 5.73 Å². The van der Waals surface area contributed by atoms with Crippen molar-refractivity contribution in [2.24, 2.45) is 17.8 Å². The predicted octanol–water partition coefficient (Wildman–Crippen LogP) is 2.98. The molecule has 2 fully saturated rings. The van der Waals surface area contributed by atoms with Crippen LogP contribution in [0.1, 0.15) is 25.7 Å². The lowest BCUT2D eigenvalue weighted by Gasteiger charge is -2.26. The van der Waals surface area contributed by atoms with E-state index in [0.717, 1.165) is 5.92 Å². The Morgan fingerprint density at radius 3 is 2.67 bits per heavy atom. The number of rotatable bonds is 4. The molecule has 2 bridgehead atoms. The van der Waals surface area contributed by atoms with Crippen LogP contribution >= 0.6 is 11.6 Å². The maximum atomic E-state index is 12.6. The first-order chi connectivity index (χ1) is 9.88. The van der Waals surface area contributed by atoms with E-state index in [0.29, 0.717) is 24.1 Å². The topological polar surface area (TPSA) is 63.4 Å². The van der Waals surface area contributed by atoms with E-state index in [2.05, 4.69) is 0 Å². The van der Waals surface area contributed by atoms with Gasteiger partial charge in [0, 0.05) is 13.6 Å². The normalized spacial score (nSPS) is 28.4. The molecule has 6 heteroatoms. The highest BCUT2D eigenvalue weighted by Crippen LogP contribution is 2.48. The number of fused-ring (bicyclic) bond motifs is 2. The molecule has 3 rings (SSSR count). The van der Waals surface area contributed by atoms with E-state index >= 15 is 0 Å². The van der Waals surface area contributed by atoms with Crippen molar-refractivity contribution in [3.8, 4) is 0 Å². The molecule has 0 heterocycles. The average molecular weight is 329 g/mol. The summed E-state index contributed by atoms with van der Waals surface area (Å²) in [6.45, 7) is 0.603. The first-order valence-electron chi connectivity index (χ1n) is 7.39. The SMILES string of the molecule is CN(CC1CC2CCC1C2)S(=O)(=O)c1ccc(N)c(Cl)c1. The number of halogens is 1. The highest BCUT2D eigenvalue weighted by molar-refractivity contribution is 7.89. The zero-order valence-corrected chi connectivity index (χ0v) is 13.7. The Morgan fingerprint density at radius 2 is 2.10 bits per heavy atom. The Balaban J connectivity index is 1.76. The van der Waals surface area contributed by atoms with Gasteiger partial charge in [0.25, 0.3) is 0 Å². The van der Waals surface area contributed by atoms with E-state index < -0.39 is 10.0 Å². The summed E-state index contributed by atoms with van der Waals surface area (Å²) in [6, 6.07) is 4.50. The predicted molar refractivity (Wildman–Crippen MR) is 84.6 cm³/mol. The monoisotopic (exact) mass is 328 g/mol. The van der Waals surface area contributed by atoms with Crippen LogP contribution in [0.4, 0.5) is 5.69 Å². The van der Waals surface area contributed by atoms with Crippen LogP contribution in [0.3, 0.4) is 0 Å². The van der Waals surface area contributed by atoms with E-state index in [1.54, 1.807) is 13.1 Å². The largest absolute Gasteiger partial charge is 0.398 e. The smallest absolute Gasteiger partial charge is 0.242 e. The fourth-order valence-corrected chi connectivity index (χ4v) is 5.38. The lowest BCUT2D eigenvalue weighted by Crippen LogP contribution is -2.33. The van der Waals surface area contributed by atoms with Gasteiger partial charge in [-0.05, 0) is 55.2 Å². The van der Waals surface area contributed by atoms with E-state index in [9.17, 15) is 8.42 Å². The number of nitrogens with two attached hydrogens (primary N) is 1. The zero-order chi connectivity index (χ0) is 15.2. The van der Waals surface area contributed by atoms with Crippen LogP contribution in [0.25, 0.3) is 0 Å². The van der Waals surface area contributed by atoms with Gasteiger partial charge in [0.1, 0.15) is 0 Å². The number of nitrogens with zero attached hydrogens (tertiary/aromatic N) is 1. The Morgan fingerprint density at radius 1 is 1.33 bits per heavy atom. The van der Waals surface area contributed by atoms with Crippen molar-refractivity contribution in [2.45, 2.75) is 30.6 Å². The maximum absolute atomic E-state index is 12.6. The highest BCUT2D eigenvalue weighted by Gasteiger charge is 2.40. The van der Waals surface area contributed by atoms with Crippen LogP contribution < -0.4 is 5.73 Å². The summed E-state index contributed by atoms with van der Waals surface area (Å²) in [5.41, 5.74) is 6.04. The van der Waals surface area contributed by atoms with Crippen LogP contribution in [-0.4, -0.2) is 26.3 Å². The molecule has 2 aliphatic carbocycles. The maximum Gasteiger partial charge on any atom is 0.242 e. The zero-order valence-electron chi connectivity index (χ0n) is 12.1. The average Bonchev–Trinajstić information content (AvgIpc) is 3.04. The summed E-state index contributed by atoms with van der Waals surface area (Å²) in [5.74, 6) is 2.04. The van der Waals surface area contributed by atoms with Crippen LogP contribution in [0, 0.1) is 17.8 Å². The Bertz CT molecular complexity index is 647. The van der Waals surface area contributed by atoms with E-state index in [1.807, 2.05) is 0 Å². The number of benzene rings is 1. The number of sulfonamides is 1. The molecule has 0 radical (unpaired) electrons. The summed E-state index contributed by atoms with van der Waals surface area (Å²) in [5, 5.41) is 0.282. The minimum Gasteiger partial charge on any atom is -0.398 e. The van der Waals surface area contributed by atoms with E-state index in [4.69, 9.17) is 17.3 Å². The van der Waals surface area contributed by atoms with E-state index in [-0.39, 0.29) is 9.92 Å². The summed E-state index contributed by atoms with van der Waals surface area (Å²) >= 11 is 5.94. The molecule has 0 aliphatic heterocycles. The number of hydrogen-bond donors (Lipinski definition) is 1. The molecule has 3 unspecified atom stereocenters. The number of anilines is 1. The third-order valence-electron chi connectivity index (χ3n) is 5.06. The van der Waals surface area contributed by atoms with Gasteiger partial charge in [0.2, 0.25) is 10.0 Å². The summed E-state index contributed by atoms with van der Waals surface area (Å²) in [7, 11) is -1.83. The van der Waals surface area contributed by atoms with Gasteiger partial charge in [0.05, 0.1) is 15.6 Å². The number of nitrogen functional groups attached to an aromatic ring is 1. The second-order valence-corrected chi connectivity index (χ2v) is 8.86. The first kappa shape index (κ1) is 15.1. The van der Waals surface area contributed by atoms with Gasteiger partial charge in [-0.3, -0.25) is 0 Å². The molecule has 2 N–H and O–H groups in total. The van der Waals surface area contributed by atoms with Gasteiger partial charge in [-0.25, -0.2) is 12.7 Å². The fraction of sp³-hybridized carbons (Fsp3) is 0.600. The molecule has 0 amide bonds. The standard InChI is InChI=1S/C15H21ClN2O2S/c1-18(9-12-7-10-2-3-11(12)6-10)21(19,20)13-4-5-15(17)14(16)8-13/h4-5,8,10-12H,2-3,6-7,9,17H2,1H3. The van der Waals surface area contributed by atoms with Crippen molar-refractivity contribution in [1.82, 2.24) is 4.31 Å². The molecule has 1 aromatic rings. The van der Waals surface area contributed by atoms with Crippen LogP contribution in [0.15, 0.2) is 23.1 Å². The highest BCUT2D eigenvalue weighted by atomic mass is 35.5. The van der Waals surface area contributed by atoms with E-state index in [1.165, 1.54) is 42.1 Å². The molecule has 21 heavy (non-hydrogen) atoms. The Hall–Kier alpha value is -0.780. The van der Waals surface area contributed by atoms with Gasteiger partial charge in [-0.2, -0.15) is 0 Å². The lowest BCUT2D eigenvalue weighted by atomic mass is 9.89. The van der Waals surface area contributed by atoms with Gasteiger partial charge >= 0.3 is 0 Å².